The largest absolute Gasteiger partial charge is 0.387 e. The molecule has 0 unspecified atom stereocenters. The average molecular weight is 327 g/mol. The van der Waals surface area contributed by atoms with Crippen LogP contribution in [-0.2, 0) is 16.6 Å². The molecule has 7 nitrogen and oxygen atoms in total. The Morgan fingerprint density at radius 1 is 1.33 bits per heavy atom. The molecule has 21 heavy (non-hydrogen) atoms. The number of nitro benzene ring substituents is 1. The van der Waals surface area contributed by atoms with Crippen LogP contribution in [-0.4, -0.2) is 20.4 Å². The van der Waals surface area contributed by atoms with Crippen molar-refractivity contribution in [2.45, 2.75) is 11.4 Å². The standard InChI is InChI=1S/C12H13N3O4S2/c1-13-11-7-9(15(16)17)4-5-12(11)21(18,19)14-8-10-3-2-6-20-10/h2-7,13-14H,8H2,1H3. The molecular weight excluding hydrogens is 314 g/mol. The summed E-state index contributed by atoms with van der Waals surface area (Å²) in [5.74, 6) is 0. The zero-order valence-corrected chi connectivity index (χ0v) is 12.7. The van der Waals surface area contributed by atoms with E-state index >= 15 is 0 Å². The Balaban J connectivity index is 2.28. The fourth-order valence-electron chi connectivity index (χ4n) is 1.72. The Bertz CT molecular complexity index is 742. The number of non-ortho nitro benzene ring substituents is 1. The van der Waals surface area contributed by atoms with Crippen molar-refractivity contribution in [2.24, 2.45) is 0 Å². The van der Waals surface area contributed by atoms with Gasteiger partial charge in [0.25, 0.3) is 5.69 Å². The molecule has 0 atom stereocenters. The smallest absolute Gasteiger partial charge is 0.271 e. The van der Waals surface area contributed by atoms with Crippen molar-refractivity contribution in [1.82, 2.24) is 4.72 Å². The second kappa shape index (κ2) is 6.20. The summed E-state index contributed by atoms with van der Waals surface area (Å²) in [6.45, 7) is 0.181. The molecule has 0 saturated carbocycles. The summed E-state index contributed by atoms with van der Waals surface area (Å²) in [6, 6.07) is 7.24. The van der Waals surface area contributed by atoms with Crippen molar-refractivity contribution in [3.63, 3.8) is 0 Å². The van der Waals surface area contributed by atoms with Crippen molar-refractivity contribution in [1.29, 1.82) is 0 Å². The molecule has 0 radical (unpaired) electrons. The first-order chi connectivity index (χ1) is 9.94. The second-order valence-corrected chi connectivity index (χ2v) is 6.86. The first kappa shape index (κ1) is 15.4. The normalized spacial score (nSPS) is 11.3. The van der Waals surface area contributed by atoms with Crippen LogP contribution in [0.1, 0.15) is 4.88 Å². The maximum absolute atomic E-state index is 12.3. The lowest BCUT2D eigenvalue weighted by atomic mass is 10.3. The Morgan fingerprint density at radius 3 is 2.67 bits per heavy atom. The molecule has 0 fully saturated rings. The van der Waals surface area contributed by atoms with Gasteiger partial charge in [-0.1, -0.05) is 6.07 Å². The van der Waals surface area contributed by atoms with Gasteiger partial charge in [-0.25, -0.2) is 13.1 Å². The molecule has 0 aliphatic rings. The molecule has 2 aromatic rings. The third-order valence-corrected chi connectivity index (χ3v) is 5.09. The third kappa shape index (κ3) is 3.57. The van der Waals surface area contributed by atoms with E-state index in [4.69, 9.17) is 0 Å². The molecule has 0 spiro atoms. The van der Waals surface area contributed by atoms with Crippen molar-refractivity contribution in [2.75, 3.05) is 12.4 Å². The highest BCUT2D eigenvalue weighted by Gasteiger charge is 2.20. The van der Waals surface area contributed by atoms with Crippen molar-refractivity contribution in [3.05, 3.63) is 50.7 Å². The van der Waals surface area contributed by atoms with E-state index < -0.39 is 14.9 Å². The van der Waals surface area contributed by atoms with Gasteiger partial charge in [-0.05, 0) is 17.5 Å². The highest BCUT2D eigenvalue weighted by molar-refractivity contribution is 7.89. The van der Waals surface area contributed by atoms with E-state index in [1.165, 1.54) is 36.6 Å². The zero-order valence-electron chi connectivity index (χ0n) is 11.1. The maximum atomic E-state index is 12.3. The van der Waals surface area contributed by atoms with Gasteiger partial charge in [-0.15, -0.1) is 11.3 Å². The second-order valence-electron chi connectivity index (χ2n) is 4.09. The summed E-state index contributed by atoms with van der Waals surface area (Å²) in [6.07, 6.45) is 0. The number of nitrogens with one attached hydrogen (secondary N) is 2. The van der Waals surface area contributed by atoms with Gasteiger partial charge < -0.3 is 5.32 Å². The minimum atomic E-state index is -3.75. The van der Waals surface area contributed by atoms with E-state index in [0.29, 0.717) is 0 Å². The van der Waals surface area contributed by atoms with Crippen molar-refractivity contribution >= 4 is 32.7 Å². The monoisotopic (exact) mass is 327 g/mol. The van der Waals surface area contributed by atoms with Crippen molar-refractivity contribution in [3.8, 4) is 0 Å². The number of nitrogens with zero attached hydrogens (tertiary/aromatic N) is 1. The van der Waals surface area contributed by atoms with E-state index in [0.717, 1.165) is 4.88 Å². The molecule has 2 N–H and O–H groups in total. The van der Waals surface area contributed by atoms with Gasteiger partial charge in [-0.2, -0.15) is 0 Å². The zero-order chi connectivity index (χ0) is 15.5. The summed E-state index contributed by atoms with van der Waals surface area (Å²) in [5.41, 5.74) is 0.0134. The van der Waals surface area contributed by atoms with E-state index in [2.05, 4.69) is 10.0 Å². The lowest BCUT2D eigenvalue weighted by Crippen LogP contribution is -2.23. The minimum Gasteiger partial charge on any atom is -0.387 e. The number of benzene rings is 1. The molecule has 0 amide bonds. The van der Waals surface area contributed by atoms with Gasteiger partial charge in [0.05, 0.1) is 10.6 Å². The van der Waals surface area contributed by atoms with Crippen LogP contribution in [0.4, 0.5) is 11.4 Å². The molecule has 0 aliphatic heterocycles. The topological polar surface area (TPSA) is 101 Å². The maximum Gasteiger partial charge on any atom is 0.271 e. The van der Waals surface area contributed by atoms with E-state index in [-0.39, 0.29) is 22.8 Å². The lowest BCUT2D eigenvalue weighted by molar-refractivity contribution is -0.384. The summed E-state index contributed by atoms with van der Waals surface area (Å²) in [4.78, 5) is 11.0. The fraction of sp³-hybridized carbons (Fsp3) is 0.167. The van der Waals surface area contributed by atoms with Crippen LogP contribution in [0.25, 0.3) is 0 Å². The van der Waals surface area contributed by atoms with Gasteiger partial charge in [0, 0.05) is 30.6 Å². The highest BCUT2D eigenvalue weighted by atomic mass is 32.2. The molecule has 0 aliphatic carbocycles. The highest BCUT2D eigenvalue weighted by Crippen LogP contribution is 2.26. The first-order valence-electron chi connectivity index (χ1n) is 5.92. The van der Waals surface area contributed by atoms with Crippen molar-refractivity contribution < 1.29 is 13.3 Å². The molecule has 1 heterocycles. The number of thiophene rings is 1. The Kier molecular flexibility index (Phi) is 4.56. The molecule has 1 aromatic heterocycles. The van der Waals surface area contributed by atoms with Gasteiger partial charge in [0.15, 0.2) is 0 Å². The van der Waals surface area contributed by atoms with Crippen LogP contribution >= 0.6 is 11.3 Å². The Labute approximate surface area is 125 Å². The molecule has 1 aromatic carbocycles. The summed E-state index contributed by atoms with van der Waals surface area (Å²) < 4.78 is 27.0. The van der Waals surface area contributed by atoms with Crippen LogP contribution in [0, 0.1) is 10.1 Å². The van der Waals surface area contributed by atoms with Crippen LogP contribution in [0.2, 0.25) is 0 Å². The predicted octanol–water partition coefficient (Wildman–Crippen LogP) is 2.18. The van der Waals surface area contributed by atoms with E-state index in [9.17, 15) is 18.5 Å². The predicted molar refractivity (Wildman–Crippen MR) is 81.0 cm³/mol. The SMILES string of the molecule is CNc1cc([N+](=O)[O-])ccc1S(=O)(=O)NCc1cccs1. The van der Waals surface area contributed by atoms with Crippen LogP contribution < -0.4 is 10.0 Å². The Hall–Kier alpha value is -1.97. The molecule has 9 heteroatoms. The number of nitro groups is 1. The fourth-order valence-corrected chi connectivity index (χ4v) is 3.65. The number of anilines is 1. The molecule has 0 bridgehead atoms. The van der Waals surface area contributed by atoms with Gasteiger partial charge in [0.2, 0.25) is 10.0 Å². The quantitative estimate of drug-likeness (QED) is 0.625. The van der Waals surface area contributed by atoms with E-state index in [1.807, 2.05) is 17.5 Å². The number of hydrogen-bond donors (Lipinski definition) is 2. The van der Waals surface area contributed by atoms with Crippen LogP contribution in [0.3, 0.4) is 0 Å². The third-order valence-electron chi connectivity index (χ3n) is 2.75. The van der Waals surface area contributed by atoms with Crippen LogP contribution in [0.15, 0.2) is 40.6 Å². The summed E-state index contributed by atoms with van der Waals surface area (Å²) in [7, 11) is -2.24. The molecular formula is C12H13N3O4S2. The summed E-state index contributed by atoms with van der Waals surface area (Å²) >= 11 is 1.44. The van der Waals surface area contributed by atoms with Gasteiger partial charge in [-0.3, -0.25) is 10.1 Å². The average Bonchev–Trinajstić information content (AvgIpc) is 2.97. The molecule has 2 rings (SSSR count). The first-order valence-corrected chi connectivity index (χ1v) is 8.28. The number of sulfonamides is 1. The number of rotatable bonds is 6. The lowest BCUT2D eigenvalue weighted by Gasteiger charge is -2.10. The van der Waals surface area contributed by atoms with Crippen LogP contribution in [0.5, 0.6) is 0 Å². The number of hydrogen-bond acceptors (Lipinski definition) is 6. The molecule has 0 saturated heterocycles. The van der Waals surface area contributed by atoms with Gasteiger partial charge in [0.1, 0.15) is 4.90 Å². The van der Waals surface area contributed by atoms with Gasteiger partial charge >= 0.3 is 0 Å². The summed E-state index contributed by atoms with van der Waals surface area (Å²) in [5, 5.41) is 15.3. The van der Waals surface area contributed by atoms with E-state index in [1.54, 1.807) is 0 Å². The Morgan fingerprint density at radius 2 is 2.10 bits per heavy atom. The minimum absolute atomic E-state index is 0.0212. The molecule has 112 valence electrons.